The fourth-order valence-corrected chi connectivity index (χ4v) is 2.47. The quantitative estimate of drug-likeness (QED) is 0.788. The van der Waals surface area contributed by atoms with Gasteiger partial charge in [0.25, 0.3) is 0 Å². The van der Waals surface area contributed by atoms with Crippen LogP contribution in [0.5, 0.6) is 0 Å². The second-order valence-corrected chi connectivity index (χ2v) is 5.44. The van der Waals surface area contributed by atoms with Crippen LogP contribution in [-0.2, 0) is 0 Å². The molecule has 86 valence electrons. The molecule has 0 heterocycles. The first-order chi connectivity index (χ1) is 7.83. The van der Waals surface area contributed by atoms with Gasteiger partial charge in [0, 0.05) is 18.5 Å². The minimum absolute atomic E-state index is 0.462. The molecule has 1 aromatic rings. The average molecular weight is 216 g/mol. The highest BCUT2D eigenvalue weighted by molar-refractivity contribution is 5.27. The van der Waals surface area contributed by atoms with E-state index in [2.05, 4.69) is 35.6 Å². The molecule has 1 aromatic carbocycles. The topological polar surface area (TPSA) is 38.0 Å². The van der Waals surface area contributed by atoms with E-state index in [1.807, 2.05) is 0 Å². The van der Waals surface area contributed by atoms with Gasteiger partial charge >= 0.3 is 0 Å². The van der Waals surface area contributed by atoms with Gasteiger partial charge in [-0.25, -0.2) is 0 Å². The number of benzene rings is 1. The number of hydrogen-bond acceptors (Lipinski definition) is 2. The molecule has 2 aliphatic rings. The SMILES string of the molecule is NCC1(CN[C@@H]2C[C@H]2c2ccccc2)CC1. The van der Waals surface area contributed by atoms with Crippen LogP contribution in [-0.4, -0.2) is 19.1 Å². The zero-order valence-corrected chi connectivity index (χ0v) is 9.65. The lowest BCUT2D eigenvalue weighted by molar-refractivity contribution is 0.464. The minimum atomic E-state index is 0.462. The molecule has 2 saturated carbocycles. The molecule has 0 bridgehead atoms. The normalized spacial score (nSPS) is 30.1. The van der Waals surface area contributed by atoms with Crippen molar-refractivity contribution in [1.29, 1.82) is 0 Å². The fourth-order valence-electron chi connectivity index (χ4n) is 2.47. The van der Waals surface area contributed by atoms with Crippen molar-refractivity contribution in [3.63, 3.8) is 0 Å². The lowest BCUT2D eigenvalue weighted by Gasteiger charge is -2.13. The van der Waals surface area contributed by atoms with Gasteiger partial charge in [0.2, 0.25) is 0 Å². The summed E-state index contributed by atoms with van der Waals surface area (Å²) in [6.45, 7) is 1.97. The summed E-state index contributed by atoms with van der Waals surface area (Å²) in [5.41, 5.74) is 7.73. The molecule has 0 radical (unpaired) electrons. The second kappa shape index (κ2) is 3.86. The van der Waals surface area contributed by atoms with Gasteiger partial charge in [0.1, 0.15) is 0 Å². The van der Waals surface area contributed by atoms with E-state index in [-0.39, 0.29) is 0 Å². The van der Waals surface area contributed by atoms with Crippen molar-refractivity contribution < 1.29 is 0 Å². The van der Waals surface area contributed by atoms with Crippen molar-refractivity contribution in [3.05, 3.63) is 35.9 Å². The van der Waals surface area contributed by atoms with Crippen LogP contribution in [0.3, 0.4) is 0 Å². The maximum Gasteiger partial charge on any atom is 0.0143 e. The van der Waals surface area contributed by atoms with Crippen molar-refractivity contribution in [2.45, 2.75) is 31.2 Å². The Labute approximate surface area is 97.2 Å². The van der Waals surface area contributed by atoms with Crippen LogP contribution in [0.2, 0.25) is 0 Å². The summed E-state index contributed by atoms with van der Waals surface area (Å²) in [6, 6.07) is 11.5. The second-order valence-electron chi connectivity index (χ2n) is 5.44. The van der Waals surface area contributed by atoms with Crippen molar-refractivity contribution >= 4 is 0 Å². The molecule has 3 rings (SSSR count). The Morgan fingerprint density at radius 2 is 2.00 bits per heavy atom. The third kappa shape index (κ3) is 2.00. The van der Waals surface area contributed by atoms with Crippen LogP contribution >= 0.6 is 0 Å². The van der Waals surface area contributed by atoms with Gasteiger partial charge in [0.15, 0.2) is 0 Å². The lowest BCUT2D eigenvalue weighted by Crippen LogP contribution is -2.31. The van der Waals surface area contributed by atoms with Crippen LogP contribution in [0.1, 0.15) is 30.7 Å². The third-order valence-electron chi connectivity index (χ3n) is 4.15. The summed E-state index contributed by atoms with van der Waals surface area (Å²) in [5.74, 6) is 0.745. The molecule has 2 atom stereocenters. The number of hydrogen-bond donors (Lipinski definition) is 2. The Bertz CT molecular complexity index is 356. The molecule has 0 spiro atoms. The largest absolute Gasteiger partial charge is 0.330 e. The van der Waals surface area contributed by atoms with Crippen molar-refractivity contribution in [3.8, 4) is 0 Å². The first kappa shape index (κ1) is 10.3. The lowest BCUT2D eigenvalue weighted by atomic mass is 10.1. The Balaban J connectivity index is 1.50. The summed E-state index contributed by atoms with van der Waals surface area (Å²) in [6.07, 6.45) is 3.93. The molecule has 0 unspecified atom stereocenters. The maximum atomic E-state index is 5.78. The number of nitrogens with one attached hydrogen (secondary N) is 1. The highest BCUT2D eigenvalue weighted by Gasteiger charge is 2.44. The van der Waals surface area contributed by atoms with Gasteiger partial charge < -0.3 is 11.1 Å². The highest BCUT2D eigenvalue weighted by atomic mass is 15.0. The van der Waals surface area contributed by atoms with E-state index in [1.54, 1.807) is 0 Å². The van der Waals surface area contributed by atoms with E-state index in [0.717, 1.165) is 19.0 Å². The van der Waals surface area contributed by atoms with Crippen LogP contribution in [0, 0.1) is 5.41 Å². The molecule has 2 nitrogen and oxygen atoms in total. The Hall–Kier alpha value is -0.860. The smallest absolute Gasteiger partial charge is 0.0143 e. The summed E-state index contributed by atoms with van der Waals surface area (Å²) in [4.78, 5) is 0. The first-order valence-electron chi connectivity index (χ1n) is 6.31. The average Bonchev–Trinajstić information content (AvgIpc) is 3.23. The predicted octanol–water partition coefficient (Wildman–Crippen LogP) is 1.87. The molecule has 16 heavy (non-hydrogen) atoms. The van der Waals surface area contributed by atoms with Crippen LogP contribution < -0.4 is 11.1 Å². The zero-order valence-electron chi connectivity index (χ0n) is 9.65. The summed E-state index contributed by atoms with van der Waals surface area (Å²) < 4.78 is 0. The summed E-state index contributed by atoms with van der Waals surface area (Å²) >= 11 is 0. The molecular formula is C14H20N2. The molecule has 0 amide bonds. The van der Waals surface area contributed by atoms with E-state index < -0.39 is 0 Å². The minimum Gasteiger partial charge on any atom is -0.330 e. The molecule has 0 saturated heterocycles. The van der Waals surface area contributed by atoms with Crippen LogP contribution in [0.4, 0.5) is 0 Å². The molecular weight excluding hydrogens is 196 g/mol. The zero-order chi connectivity index (χ0) is 11.0. The van der Waals surface area contributed by atoms with Crippen molar-refractivity contribution in [2.75, 3.05) is 13.1 Å². The number of rotatable bonds is 5. The van der Waals surface area contributed by atoms with Gasteiger partial charge in [-0.3, -0.25) is 0 Å². The predicted molar refractivity (Wildman–Crippen MR) is 66.3 cm³/mol. The van der Waals surface area contributed by atoms with E-state index in [0.29, 0.717) is 11.5 Å². The van der Waals surface area contributed by atoms with Crippen LogP contribution in [0.15, 0.2) is 30.3 Å². The molecule has 2 aliphatic carbocycles. The summed E-state index contributed by atoms with van der Waals surface area (Å²) in [7, 11) is 0. The van der Waals surface area contributed by atoms with Gasteiger partial charge in [-0.1, -0.05) is 30.3 Å². The van der Waals surface area contributed by atoms with E-state index in [1.165, 1.54) is 24.8 Å². The third-order valence-corrected chi connectivity index (χ3v) is 4.15. The monoisotopic (exact) mass is 216 g/mol. The van der Waals surface area contributed by atoms with Gasteiger partial charge in [-0.2, -0.15) is 0 Å². The fraction of sp³-hybridized carbons (Fsp3) is 0.571. The maximum absolute atomic E-state index is 5.78. The Morgan fingerprint density at radius 1 is 1.25 bits per heavy atom. The Kier molecular flexibility index (Phi) is 2.49. The number of nitrogens with two attached hydrogens (primary N) is 1. The van der Waals surface area contributed by atoms with Crippen LogP contribution in [0.25, 0.3) is 0 Å². The van der Waals surface area contributed by atoms with Crippen molar-refractivity contribution in [1.82, 2.24) is 5.32 Å². The highest BCUT2D eigenvalue weighted by Crippen LogP contribution is 2.46. The first-order valence-corrected chi connectivity index (χ1v) is 6.31. The molecule has 2 heteroatoms. The molecule has 0 aliphatic heterocycles. The summed E-state index contributed by atoms with van der Waals surface area (Å²) in [5, 5.41) is 3.68. The standard InChI is InChI=1S/C14H20N2/c15-9-14(6-7-14)10-16-13-8-12(13)11-4-2-1-3-5-11/h1-5,12-13,16H,6-10,15H2/t12-,13+/m0/s1. The Morgan fingerprint density at radius 3 is 2.62 bits per heavy atom. The molecule has 3 N–H and O–H groups in total. The van der Waals surface area contributed by atoms with E-state index >= 15 is 0 Å². The van der Waals surface area contributed by atoms with E-state index in [4.69, 9.17) is 5.73 Å². The van der Waals surface area contributed by atoms with Gasteiger partial charge in [0.05, 0.1) is 0 Å². The van der Waals surface area contributed by atoms with Crippen molar-refractivity contribution in [2.24, 2.45) is 11.1 Å². The van der Waals surface area contributed by atoms with Gasteiger partial charge in [-0.05, 0) is 36.8 Å². The molecule has 0 aromatic heterocycles. The van der Waals surface area contributed by atoms with E-state index in [9.17, 15) is 0 Å². The molecule has 2 fully saturated rings. The van der Waals surface area contributed by atoms with Gasteiger partial charge in [-0.15, -0.1) is 0 Å².